The number of nitrogens with one attached hydrogen (secondary N) is 1. The first-order chi connectivity index (χ1) is 15.4. The lowest BCUT2D eigenvalue weighted by atomic mass is 9.99. The van der Waals surface area contributed by atoms with Crippen LogP contribution >= 0.6 is 0 Å². The summed E-state index contributed by atoms with van der Waals surface area (Å²) in [4.78, 5) is 4.90. The number of rotatable bonds is 15. The lowest BCUT2D eigenvalue weighted by Crippen LogP contribution is -2.42. The van der Waals surface area contributed by atoms with Crippen molar-refractivity contribution in [3.63, 3.8) is 0 Å². The van der Waals surface area contributed by atoms with Crippen LogP contribution in [0.5, 0.6) is 5.75 Å². The second-order valence-electron chi connectivity index (χ2n) is 9.34. The van der Waals surface area contributed by atoms with Crippen LogP contribution in [0.1, 0.15) is 43.4 Å². The standard InChI is InChI=1S/C27H43N3O2/c1-22(2)16-26(21-29(3)4)30(20-25-12-6-7-13-27(25)32-5)19-24-11-8-10-23(17-24)18-28-14-9-15-31/h6-8,10-13,17,22,26,28,31H,9,14-16,18-21H2,1-5H3/t26-/m0/s1. The van der Waals surface area contributed by atoms with Crippen LogP contribution in [0.2, 0.25) is 0 Å². The SMILES string of the molecule is COc1ccccc1CN(Cc1cccc(CNCCCO)c1)[C@@H](CC(C)C)CN(C)C. The largest absolute Gasteiger partial charge is 0.496 e. The van der Waals surface area contributed by atoms with Gasteiger partial charge in [-0.25, -0.2) is 0 Å². The van der Waals surface area contributed by atoms with Gasteiger partial charge in [-0.1, -0.05) is 56.3 Å². The fourth-order valence-electron chi connectivity index (χ4n) is 4.18. The van der Waals surface area contributed by atoms with Crippen LogP contribution in [0.3, 0.4) is 0 Å². The zero-order valence-electron chi connectivity index (χ0n) is 20.7. The van der Waals surface area contributed by atoms with Crippen LogP contribution in [-0.2, 0) is 19.6 Å². The normalized spacial score (nSPS) is 12.7. The van der Waals surface area contributed by atoms with E-state index in [4.69, 9.17) is 9.84 Å². The van der Waals surface area contributed by atoms with E-state index in [0.29, 0.717) is 12.0 Å². The van der Waals surface area contributed by atoms with E-state index in [1.54, 1.807) is 7.11 Å². The number of methoxy groups -OCH3 is 1. The number of nitrogens with zero attached hydrogens (tertiary/aromatic N) is 2. The summed E-state index contributed by atoms with van der Waals surface area (Å²) in [5.41, 5.74) is 3.84. The summed E-state index contributed by atoms with van der Waals surface area (Å²) in [7, 11) is 6.07. The second kappa shape index (κ2) is 14.3. The zero-order chi connectivity index (χ0) is 23.3. The van der Waals surface area contributed by atoms with Crippen molar-refractivity contribution >= 4 is 0 Å². The molecule has 0 bridgehead atoms. The first-order valence-corrected chi connectivity index (χ1v) is 11.8. The fourth-order valence-corrected chi connectivity index (χ4v) is 4.18. The highest BCUT2D eigenvalue weighted by Crippen LogP contribution is 2.24. The first-order valence-electron chi connectivity index (χ1n) is 11.8. The van der Waals surface area contributed by atoms with Gasteiger partial charge in [-0.05, 0) is 56.6 Å². The molecule has 32 heavy (non-hydrogen) atoms. The average Bonchev–Trinajstić information content (AvgIpc) is 2.76. The predicted octanol–water partition coefficient (Wildman–Crippen LogP) is 4.15. The van der Waals surface area contributed by atoms with Gasteiger partial charge in [0.05, 0.1) is 7.11 Å². The van der Waals surface area contributed by atoms with Crippen molar-refractivity contribution in [3.05, 3.63) is 65.2 Å². The molecule has 0 unspecified atom stereocenters. The zero-order valence-corrected chi connectivity index (χ0v) is 20.7. The molecule has 2 aromatic carbocycles. The summed E-state index contributed by atoms with van der Waals surface area (Å²) < 4.78 is 5.66. The molecule has 5 heteroatoms. The number of ether oxygens (including phenoxy) is 1. The number of hydrogen-bond donors (Lipinski definition) is 2. The van der Waals surface area contributed by atoms with Gasteiger partial charge in [0.25, 0.3) is 0 Å². The monoisotopic (exact) mass is 441 g/mol. The number of para-hydroxylation sites is 1. The Morgan fingerprint density at radius 2 is 1.75 bits per heavy atom. The van der Waals surface area contributed by atoms with Crippen molar-refractivity contribution in [2.24, 2.45) is 5.92 Å². The van der Waals surface area contributed by atoms with E-state index < -0.39 is 0 Å². The number of aliphatic hydroxyl groups excluding tert-OH is 1. The smallest absolute Gasteiger partial charge is 0.123 e. The summed E-state index contributed by atoms with van der Waals surface area (Å²) in [6, 6.07) is 17.7. The maximum Gasteiger partial charge on any atom is 0.123 e. The summed E-state index contributed by atoms with van der Waals surface area (Å²) in [5, 5.41) is 12.4. The van der Waals surface area contributed by atoms with Gasteiger partial charge in [0.15, 0.2) is 0 Å². The Balaban J connectivity index is 2.25. The van der Waals surface area contributed by atoms with Gasteiger partial charge >= 0.3 is 0 Å². The summed E-state index contributed by atoms with van der Waals surface area (Å²) in [6.07, 6.45) is 1.93. The molecule has 1 atom stereocenters. The second-order valence-corrected chi connectivity index (χ2v) is 9.34. The first kappa shape index (κ1) is 26.3. The lowest BCUT2D eigenvalue weighted by Gasteiger charge is -2.35. The molecule has 0 aliphatic heterocycles. The Morgan fingerprint density at radius 1 is 1.00 bits per heavy atom. The molecule has 0 radical (unpaired) electrons. The van der Waals surface area contributed by atoms with Crippen molar-refractivity contribution in [3.8, 4) is 5.75 Å². The quantitative estimate of drug-likeness (QED) is 0.407. The summed E-state index contributed by atoms with van der Waals surface area (Å²) in [5.74, 6) is 1.58. The summed E-state index contributed by atoms with van der Waals surface area (Å²) in [6.45, 7) is 9.28. The van der Waals surface area contributed by atoms with Crippen LogP contribution in [0.15, 0.2) is 48.5 Å². The van der Waals surface area contributed by atoms with Gasteiger partial charge in [0.2, 0.25) is 0 Å². The third-order valence-corrected chi connectivity index (χ3v) is 5.62. The van der Waals surface area contributed by atoms with Crippen molar-refractivity contribution < 1.29 is 9.84 Å². The molecule has 2 N–H and O–H groups in total. The number of benzene rings is 2. The minimum atomic E-state index is 0.230. The third-order valence-electron chi connectivity index (χ3n) is 5.62. The highest BCUT2D eigenvalue weighted by Gasteiger charge is 2.22. The molecule has 0 aromatic heterocycles. The average molecular weight is 442 g/mol. The van der Waals surface area contributed by atoms with Gasteiger partial charge < -0.3 is 20.1 Å². The van der Waals surface area contributed by atoms with Crippen LogP contribution in [0.25, 0.3) is 0 Å². The van der Waals surface area contributed by atoms with Crippen LogP contribution in [-0.4, -0.2) is 61.8 Å². The van der Waals surface area contributed by atoms with E-state index in [9.17, 15) is 0 Å². The van der Waals surface area contributed by atoms with Gasteiger partial charge in [-0.15, -0.1) is 0 Å². The van der Waals surface area contributed by atoms with Gasteiger partial charge in [-0.3, -0.25) is 4.90 Å². The van der Waals surface area contributed by atoms with E-state index in [1.807, 2.05) is 6.07 Å². The third kappa shape index (κ3) is 9.29. The predicted molar refractivity (Wildman–Crippen MR) is 134 cm³/mol. The summed E-state index contributed by atoms with van der Waals surface area (Å²) >= 11 is 0. The molecule has 2 aromatic rings. The molecule has 0 amide bonds. The van der Waals surface area contributed by atoms with Crippen LogP contribution < -0.4 is 10.1 Å². The maximum absolute atomic E-state index is 8.98. The van der Waals surface area contributed by atoms with E-state index in [-0.39, 0.29) is 6.61 Å². The van der Waals surface area contributed by atoms with Crippen molar-refractivity contribution in [2.75, 3.05) is 40.9 Å². The Labute approximate surface area is 195 Å². The van der Waals surface area contributed by atoms with E-state index >= 15 is 0 Å². The molecule has 178 valence electrons. The molecule has 0 saturated heterocycles. The van der Waals surface area contributed by atoms with Gasteiger partial charge in [-0.2, -0.15) is 0 Å². The van der Waals surface area contributed by atoms with Crippen molar-refractivity contribution in [1.82, 2.24) is 15.1 Å². The minimum Gasteiger partial charge on any atom is -0.496 e. The van der Waals surface area contributed by atoms with Crippen LogP contribution in [0, 0.1) is 5.92 Å². The molecule has 0 heterocycles. The minimum absolute atomic E-state index is 0.230. The Bertz CT molecular complexity index is 769. The van der Waals surface area contributed by atoms with Crippen molar-refractivity contribution in [2.45, 2.75) is 52.4 Å². The highest BCUT2D eigenvalue weighted by atomic mass is 16.5. The molecule has 0 aliphatic carbocycles. The topological polar surface area (TPSA) is 48.0 Å². The van der Waals surface area contributed by atoms with E-state index in [2.05, 4.69) is 85.5 Å². The molecular formula is C27H43N3O2. The van der Waals surface area contributed by atoms with E-state index in [0.717, 1.165) is 51.3 Å². The molecule has 5 nitrogen and oxygen atoms in total. The Hall–Kier alpha value is -1.92. The molecule has 0 saturated carbocycles. The molecule has 0 aliphatic rings. The highest BCUT2D eigenvalue weighted by molar-refractivity contribution is 5.33. The van der Waals surface area contributed by atoms with Gasteiger partial charge in [0.1, 0.15) is 5.75 Å². The number of likely N-dealkylation sites (N-methyl/N-ethyl adjacent to an activating group) is 1. The van der Waals surface area contributed by atoms with E-state index in [1.165, 1.54) is 16.7 Å². The van der Waals surface area contributed by atoms with Crippen LogP contribution in [0.4, 0.5) is 0 Å². The maximum atomic E-state index is 8.98. The van der Waals surface area contributed by atoms with Crippen molar-refractivity contribution in [1.29, 1.82) is 0 Å². The van der Waals surface area contributed by atoms with Gasteiger partial charge in [0, 0.05) is 44.4 Å². The molecule has 0 fully saturated rings. The Morgan fingerprint density at radius 3 is 2.44 bits per heavy atom. The molecule has 0 spiro atoms. The fraction of sp³-hybridized carbons (Fsp3) is 0.556. The molecule has 2 rings (SSSR count). The number of hydrogen-bond acceptors (Lipinski definition) is 5. The molecular weight excluding hydrogens is 398 g/mol. The lowest BCUT2D eigenvalue weighted by molar-refractivity contribution is 0.126. The number of aliphatic hydroxyl groups is 1. The Kier molecular flexibility index (Phi) is 11.7.